The third kappa shape index (κ3) is 1.51. The van der Waals surface area contributed by atoms with Gasteiger partial charge in [-0.05, 0) is 23.3 Å². The summed E-state index contributed by atoms with van der Waals surface area (Å²) in [5.74, 6) is 0. The highest BCUT2D eigenvalue weighted by Gasteiger charge is 1.91. The topological polar surface area (TPSA) is 12.9 Å². The van der Waals surface area contributed by atoms with Crippen molar-refractivity contribution >= 4 is 6.08 Å². The first-order chi connectivity index (χ1) is 5.95. The molecule has 0 bridgehead atoms. The minimum absolute atomic E-state index is 1.14. The number of aromatic nitrogens is 1. The highest BCUT2D eigenvalue weighted by atomic mass is 14.6. The first-order valence-electron chi connectivity index (χ1n) is 3.92. The van der Waals surface area contributed by atoms with Crippen molar-refractivity contribution in [2.24, 2.45) is 0 Å². The molecule has 0 unspecified atom stereocenters. The highest BCUT2D eigenvalue weighted by Crippen LogP contribution is 2.11. The van der Waals surface area contributed by atoms with E-state index in [-0.39, 0.29) is 0 Å². The van der Waals surface area contributed by atoms with Gasteiger partial charge in [0.25, 0.3) is 0 Å². The fraction of sp³-hybridized carbons (Fsp3) is 0. The van der Waals surface area contributed by atoms with Gasteiger partial charge in [-0.3, -0.25) is 4.98 Å². The molecule has 12 heavy (non-hydrogen) atoms. The molecule has 0 N–H and O–H groups in total. The molecule has 2 rings (SSSR count). The number of pyridine rings is 1. The molecule has 1 aromatic heterocycles. The summed E-state index contributed by atoms with van der Waals surface area (Å²) in [6.45, 7) is 0. The molecule has 0 fully saturated rings. The van der Waals surface area contributed by atoms with Crippen molar-refractivity contribution in [3.63, 3.8) is 0 Å². The van der Waals surface area contributed by atoms with Gasteiger partial charge in [-0.1, -0.05) is 30.4 Å². The predicted octanol–water partition coefficient (Wildman–Crippen LogP) is 2.59. The van der Waals surface area contributed by atoms with Crippen LogP contribution in [0.25, 0.3) is 6.08 Å². The van der Waals surface area contributed by atoms with E-state index in [1.807, 2.05) is 30.5 Å². The molecular formula is C11H9N. The second-order valence-corrected chi connectivity index (χ2v) is 2.65. The van der Waals surface area contributed by atoms with Crippen molar-refractivity contribution in [3.05, 3.63) is 60.0 Å². The van der Waals surface area contributed by atoms with Crippen LogP contribution in [-0.4, -0.2) is 4.98 Å². The molecule has 1 aromatic rings. The van der Waals surface area contributed by atoms with E-state index in [0.29, 0.717) is 0 Å². The molecule has 0 aliphatic heterocycles. The summed E-state index contributed by atoms with van der Waals surface area (Å²) >= 11 is 0. The number of rotatable bonds is 1. The SMILES string of the molecule is C1=CC(=Cc2cccnc2)C=C1. The predicted molar refractivity (Wildman–Crippen MR) is 50.5 cm³/mol. The molecule has 0 radical (unpaired) electrons. The molecule has 0 amide bonds. The zero-order chi connectivity index (χ0) is 8.23. The molecule has 1 nitrogen and oxygen atoms in total. The molecule has 1 aliphatic rings. The maximum absolute atomic E-state index is 4.03. The van der Waals surface area contributed by atoms with Crippen LogP contribution in [0.5, 0.6) is 0 Å². The van der Waals surface area contributed by atoms with Gasteiger partial charge in [0.2, 0.25) is 0 Å². The van der Waals surface area contributed by atoms with E-state index in [2.05, 4.69) is 23.2 Å². The van der Waals surface area contributed by atoms with Crippen LogP contribution in [-0.2, 0) is 0 Å². The van der Waals surface area contributed by atoms with Gasteiger partial charge in [-0.15, -0.1) is 0 Å². The van der Waals surface area contributed by atoms with Gasteiger partial charge in [0, 0.05) is 12.4 Å². The van der Waals surface area contributed by atoms with Crippen molar-refractivity contribution < 1.29 is 0 Å². The second kappa shape index (κ2) is 3.18. The van der Waals surface area contributed by atoms with E-state index in [1.165, 1.54) is 5.57 Å². The third-order valence-corrected chi connectivity index (χ3v) is 1.71. The third-order valence-electron chi connectivity index (χ3n) is 1.71. The lowest BCUT2D eigenvalue weighted by molar-refractivity contribution is 1.32. The first-order valence-corrected chi connectivity index (χ1v) is 3.92. The van der Waals surface area contributed by atoms with Crippen LogP contribution in [0.1, 0.15) is 5.56 Å². The van der Waals surface area contributed by atoms with Crippen LogP contribution in [0.15, 0.2) is 54.4 Å². The lowest BCUT2D eigenvalue weighted by Gasteiger charge is -1.91. The summed E-state index contributed by atoms with van der Waals surface area (Å²) in [7, 11) is 0. The number of allylic oxidation sites excluding steroid dienone is 5. The number of hydrogen-bond acceptors (Lipinski definition) is 1. The summed E-state index contributed by atoms with van der Waals surface area (Å²) in [6.07, 6.45) is 14.0. The Morgan fingerprint density at radius 1 is 1.17 bits per heavy atom. The van der Waals surface area contributed by atoms with Gasteiger partial charge >= 0.3 is 0 Å². The summed E-state index contributed by atoms with van der Waals surface area (Å²) in [5.41, 5.74) is 2.37. The lowest BCUT2D eigenvalue weighted by Crippen LogP contribution is -1.74. The monoisotopic (exact) mass is 155 g/mol. The molecule has 0 saturated heterocycles. The summed E-state index contributed by atoms with van der Waals surface area (Å²) in [4.78, 5) is 4.03. The minimum atomic E-state index is 1.14. The molecule has 1 aliphatic carbocycles. The molecule has 0 aromatic carbocycles. The largest absolute Gasteiger partial charge is 0.264 e. The van der Waals surface area contributed by atoms with Crippen LogP contribution in [0.4, 0.5) is 0 Å². The van der Waals surface area contributed by atoms with Crippen LogP contribution in [0, 0.1) is 0 Å². The van der Waals surface area contributed by atoms with Gasteiger partial charge in [0.1, 0.15) is 0 Å². The van der Waals surface area contributed by atoms with Gasteiger partial charge < -0.3 is 0 Å². The minimum Gasteiger partial charge on any atom is -0.264 e. The van der Waals surface area contributed by atoms with Gasteiger partial charge in [0.05, 0.1) is 0 Å². The maximum atomic E-state index is 4.03. The summed E-state index contributed by atoms with van der Waals surface area (Å²) < 4.78 is 0. The van der Waals surface area contributed by atoms with Crippen LogP contribution in [0.3, 0.4) is 0 Å². The Hall–Kier alpha value is -1.63. The smallest absolute Gasteiger partial charge is 0.0340 e. The quantitative estimate of drug-likeness (QED) is 0.607. The van der Waals surface area contributed by atoms with Crippen molar-refractivity contribution in [3.8, 4) is 0 Å². The normalized spacial score (nSPS) is 13.8. The van der Waals surface area contributed by atoms with E-state index < -0.39 is 0 Å². The Morgan fingerprint density at radius 3 is 2.67 bits per heavy atom. The van der Waals surface area contributed by atoms with Crippen molar-refractivity contribution in [2.45, 2.75) is 0 Å². The maximum Gasteiger partial charge on any atom is 0.0340 e. The lowest BCUT2D eigenvalue weighted by atomic mass is 10.2. The van der Waals surface area contributed by atoms with Gasteiger partial charge in [-0.25, -0.2) is 0 Å². The standard InChI is InChI=1S/C11H9N/c1-2-5-10(4-1)8-11-6-3-7-12-9-11/h1-9H. The van der Waals surface area contributed by atoms with E-state index in [0.717, 1.165) is 5.56 Å². The van der Waals surface area contributed by atoms with E-state index in [1.54, 1.807) is 6.20 Å². The van der Waals surface area contributed by atoms with Gasteiger partial charge in [-0.2, -0.15) is 0 Å². The molecule has 0 spiro atoms. The van der Waals surface area contributed by atoms with E-state index in [9.17, 15) is 0 Å². The first kappa shape index (κ1) is 7.04. The van der Waals surface area contributed by atoms with Crippen LogP contribution >= 0.6 is 0 Å². The fourth-order valence-electron chi connectivity index (χ4n) is 1.14. The second-order valence-electron chi connectivity index (χ2n) is 2.65. The van der Waals surface area contributed by atoms with Crippen molar-refractivity contribution in [1.82, 2.24) is 4.98 Å². The average Bonchev–Trinajstić information content (AvgIpc) is 2.59. The molecule has 1 heteroatoms. The Bertz CT molecular complexity index is 331. The number of nitrogens with zero attached hydrogens (tertiary/aromatic N) is 1. The molecule has 0 saturated carbocycles. The molecular weight excluding hydrogens is 146 g/mol. The zero-order valence-corrected chi connectivity index (χ0v) is 6.64. The Balaban J connectivity index is 2.29. The Labute approximate surface area is 71.8 Å². The average molecular weight is 155 g/mol. The summed E-state index contributed by atoms with van der Waals surface area (Å²) in [5, 5.41) is 0. The van der Waals surface area contributed by atoms with Crippen LogP contribution < -0.4 is 0 Å². The van der Waals surface area contributed by atoms with E-state index >= 15 is 0 Å². The van der Waals surface area contributed by atoms with Crippen LogP contribution in [0.2, 0.25) is 0 Å². The molecule has 1 heterocycles. The van der Waals surface area contributed by atoms with E-state index in [4.69, 9.17) is 0 Å². The zero-order valence-electron chi connectivity index (χ0n) is 6.64. The number of hydrogen-bond donors (Lipinski definition) is 0. The van der Waals surface area contributed by atoms with Gasteiger partial charge in [0.15, 0.2) is 0 Å². The summed E-state index contributed by atoms with van der Waals surface area (Å²) in [6, 6.07) is 3.98. The molecule has 0 atom stereocenters. The van der Waals surface area contributed by atoms with Crippen molar-refractivity contribution in [1.29, 1.82) is 0 Å². The highest BCUT2D eigenvalue weighted by molar-refractivity contribution is 5.61. The molecule has 58 valence electrons. The Kier molecular flexibility index (Phi) is 1.87. The Morgan fingerprint density at radius 2 is 2.00 bits per heavy atom. The van der Waals surface area contributed by atoms with Crippen molar-refractivity contribution in [2.75, 3.05) is 0 Å². The fourth-order valence-corrected chi connectivity index (χ4v) is 1.14.